The van der Waals surface area contributed by atoms with E-state index >= 15 is 0 Å². The predicted octanol–water partition coefficient (Wildman–Crippen LogP) is 3.84. The zero-order valence-corrected chi connectivity index (χ0v) is 12.4. The second-order valence-corrected chi connectivity index (χ2v) is 4.90. The predicted molar refractivity (Wildman–Crippen MR) is 80.6 cm³/mol. The van der Waals surface area contributed by atoms with E-state index < -0.39 is 5.91 Å². The highest BCUT2D eigenvalue weighted by atomic mass is 35.5. The summed E-state index contributed by atoms with van der Waals surface area (Å²) in [6.45, 7) is 1.34. The summed E-state index contributed by atoms with van der Waals surface area (Å²) in [6.07, 6.45) is 4.10. The Hall–Kier alpha value is -2.11. The molecule has 1 aromatic heterocycles. The Balaban J connectivity index is 2.01. The van der Waals surface area contributed by atoms with Gasteiger partial charge in [0.05, 0.1) is 16.2 Å². The van der Waals surface area contributed by atoms with Crippen LogP contribution in [0.1, 0.15) is 23.0 Å². The highest BCUT2D eigenvalue weighted by molar-refractivity contribution is 6.42. The lowest BCUT2D eigenvalue weighted by Gasteiger charge is -1.98. The number of ketones is 1. The Morgan fingerprint density at radius 2 is 2.05 bits per heavy atom. The van der Waals surface area contributed by atoms with Crippen molar-refractivity contribution in [1.29, 1.82) is 0 Å². The molecule has 0 fully saturated rings. The molecule has 0 saturated heterocycles. The molecular weight excluding hydrogens is 315 g/mol. The van der Waals surface area contributed by atoms with Gasteiger partial charge in [0.25, 0.3) is 5.91 Å². The second kappa shape index (κ2) is 6.56. The van der Waals surface area contributed by atoms with Crippen molar-refractivity contribution in [2.24, 2.45) is 0 Å². The molecule has 5 nitrogen and oxygen atoms in total. The van der Waals surface area contributed by atoms with Crippen molar-refractivity contribution >= 4 is 47.0 Å². The number of aromatic nitrogens is 1. The largest absolute Gasteiger partial charge is 0.420 e. The Bertz CT molecular complexity index is 723. The normalized spacial score (nSPS) is 10.8. The molecule has 0 aliphatic heterocycles. The molecule has 0 saturated carbocycles. The molecule has 0 aliphatic carbocycles. The quantitative estimate of drug-likeness (QED) is 0.685. The van der Waals surface area contributed by atoms with Crippen LogP contribution in [0.2, 0.25) is 10.0 Å². The Morgan fingerprint density at radius 1 is 1.29 bits per heavy atom. The monoisotopic (exact) mass is 324 g/mol. The average molecular weight is 325 g/mol. The van der Waals surface area contributed by atoms with Gasteiger partial charge >= 0.3 is 6.01 Å². The number of rotatable bonds is 4. The number of carbonyl (C=O) groups excluding carboxylic acids is 2. The summed E-state index contributed by atoms with van der Waals surface area (Å²) in [5.74, 6) is -0.633. The number of halogens is 2. The summed E-state index contributed by atoms with van der Waals surface area (Å²) in [5, 5.41) is 3.24. The number of nitrogens with zero attached hydrogens (tertiary/aromatic N) is 1. The lowest BCUT2D eigenvalue weighted by Crippen LogP contribution is -2.07. The van der Waals surface area contributed by atoms with Crippen molar-refractivity contribution in [2.45, 2.75) is 6.92 Å². The van der Waals surface area contributed by atoms with Crippen molar-refractivity contribution in [3.8, 4) is 0 Å². The third kappa shape index (κ3) is 4.18. The molecule has 0 spiro atoms. The van der Waals surface area contributed by atoms with Gasteiger partial charge in [-0.25, -0.2) is 4.98 Å². The smallest absolute Gasteiger partial charge is 0.302 e. The first-order chi connectivity index (χ1) is 9.95. The molecule has 0 radical (unpaired) electrons. The van der Waals surface area contributed by atoms with Crippen LogP contribution < -0.4 is 5.32 Å². The maximum Gasteiger partial charge on any atom is 0.302 e. The summed E-state index contributed by atoms with van der Waals surface area (Å²) < 4.78 is 5.04. The van der Waals surface area contributed by atoms with E-state index in [-0.39, 0.29) is 17.6 Å². The van der Waals surface area contributed by atoms with Gasteiger partial charge in [0.1, 0.15) is 0 Å². The van der Waals surface area contributed by atoms with Crippen LogP contribution in [0, 0.1) is 0 Å². The minimum atomic E-state index is -0.446. The van der Waals surface area contributed by atoms with Crippen molar-refractivity contribution in [3.05, 3.63) is 51.8 Å². The molecule has 0 unspecified atom stereocenters. The maximum atomic E-state index is 11.7. The number of benzene rings is 1. The Labute approximate surface area is 130 Å². The zero-order chi connectivity index (χ0) is 15.4. The fourth-order valence-electron chi connectivity index (χ4n) is 1.43. The highest BCUT2D eigenvalue weighted by Gasteiger charge is 2.09. The van der Waals surface area contributed by atoms with Gasteiger partial charge < -0.3 is 4.42 Å². The SMILES string of the molecule is CC(=O)c1cnc(NC(=O)/C=C/c2ccc(Cl)c(Cl)c2)o1. The van der Waals surface area contributed by atoms with Gasteiger partial charge in [-0.15, -0.1) is 0 Å². The Kier molecular flexibility index (Phi) is 4.77. The molecule has 108 valence electrons. The third-order valence-electron chi connectivity index (χ3n) is 2.45. The number of nitrogens with one attached hydrogen (secondary N) is 1. The van der Waals surface area contributed by atoms with E-state index in [9.17, 15) is 9.59 Å². The number of carbonyl (C=O) groups is 2. The second-order valence-electron chi connectivity index (χ2n) is 4.08. The summed E-state index contributed by atoms with van der Waals surface area (Å²) >= 11 is 11.7. The Morgan fingerprint density at radius 3 is 2.67 bits per heavy atom. The fourth-order valence-corrected chi connectivity index (χ4v) is 1.74. The van der Waals surface area contributed by atoms with E-state index in [0.29, 0.717) is 10.0 Å². The summed E-state index contributed by atoms with van der Waals surface area (Å²) in [7, 11) is 0. The van der Waals surface area contributed by atoms with E-state index in [0.717, 1.165) is 5.56 Å². The molecule has 1 amide bonds. The first-order valence-corrected chi connectivity index (χ1v) is 6.62. The van der Waals surface area contributed by atoms with E-state index in [1.165, 1.54) is 19.2 Å². The lowest BCUT2D eigenvalue weighted by atomic mass is 10.2. The van der Waals surface area contributed by atoms with Crippen molar-refractivity contribution in [2.75, 3.05) is 5.32 Å². The van der Waals surface area contributed by atoms with Crippen LogP contribution in [0.15, 0.2) is 34.9 Å². The molecule has 7 heteroatoms. The molecule has 0 aliphatic rings. The molecule has 2 rings (SSSR count). The van der Waals surface area contributed by atoms with E-state index in [1.807, 2.05) is 0 Å². The number of oxazole rings is 1. The standard InChI is InChI=1S/C14H10Cl2N2O3/c1-8(19)12-7-17-14(21-12)18-13(20)5-3-9-2-4-10(15)11(16)6-9/h2-7H,1H3,(H,17,18,20)/b5-3+. The van der Waals surface area contributed by atoms with Crippen molar-refractivity contribution in [3.63, 3.8) is 0 Å². The molecule has 1 heterocycles. The molecular formula is C14H10Cl2N2O3. The van der Waals surface area contributed by atoms with Crippen LogP contribution in [0.3, 0.4) is 0 Å². The summed E-state index contributed by atoms with van der Waals surface area (Å²) in [6, 6.07) is 4.95. The molecule has 1 N–H and O–H groups in total. The minimum Gasteiger partial charge on any atom is -0.420 e. The summed E-state index contributed by atoms with van der Waals surface area (Å²) in [5.41, 5.74) is 0.719. The third-order valence-corrected chi connectivity index (χ3v) is 3.19. The topological polar surface area (TPSA) is 72.2 Å². The average Bonchev–Trinajstić information content (AvgIpc) is 2.89. The first-order valence-electron chi connectivity index (χ1n) is 5.86. The van der Waals surface area contributed by atoms with Crippen LogP contribution in [0.25, 0.3) is 6.08 Å². The maximum absolute atomic E-state index is 11.7. The van der Waals surface area contributed by atoms with E-state index in [2.05, 4.69) is 10.3 Å². The highest BCUT2D eigenvalue weighted by Crippen LogP contribution is 2.23. The fraction of sp³-hybridized carbons (Fsp3) is 0.0714. The molecule has 1 aromatic carbocycles. The zero-order valence-electron chi connectivity index (χ0n) is 10.9. The van der Waals surface area contributed by atoms with Crippen molar-refractivity contribution < 1.29 is 14.0 Å². The first kappa shape index (κ1) is 15.3. The lowest BCUT2D eigenvalue weighted by molar-refractivity contribution is -0.112. The van der Waals surface area contributed by atoms with Crippen LogP contribution >= 0.6 is 23.2 Å². The number of amides is 1. The van der Waals surface area contributed by atoms with Gasteiger partial charge in [-0.1, -0.05) is 29.3 Å². The minimum absolute atomic E-state index is 0.0380. The van der Waals surface area contributed by atoms with Gasteiger partial charge in [0.15, 0.2) is 11.5 Å². The number of hydrogen-bond donors (Lipinski definition) is 1. The van der Waals surface area contributed by atoms with Crippen LogP contribution in [-0.2, 0) is 4.79 Å². The van der Waals surface area contributed by atoms with E-state index in [1.54, 1.807) is 24.3 Å². The van der Waals surface area contributed by atoms with Gasteiger partial charge in [-0.2, -0.15) is 0 Å². The van der Waals surface area contributed by atoms with Gasteiger partial charge in [-0.05, 0) is 23.8 Å². The summed E-state index contributed by atoms with van der Waals surface area (Å²) in [4.78, 5) is 26.5. The number of anilines is 1. The van der Waals surface area contributed by atoms with Gasteiger partial charge in [0.2, 0.25) is 0 Å². The molecule has 2 aromatic rings. The van der Waals surface area contributed by atoms with Crippen molar-refractivity contribution in [1.82, 2.24) is 4.98 Å². The van der Waals surface area contributed by atoms with Gasteiger partial charge in [-0.3, -0.25) is 14.9 Å². The number of hydrogen-bond acceptors (Lipinski definition) is 4. The number of Topliss-reactive ketones (excluding diaryl/α,β-unsaturated/α-hetero) is 1. The van der Waals surface area contributed by atoms with Crippen LogP contribution in [0.4, 0.5) is 6.01 Å². The molecule has 0 bridgehead atoms. The molecule has 21 heavy (non-hydrogen) atoms. The van der Waals surface area contributed by atoms with Crippen LogP contribution in [0.5, 0.6) is 0 Å². The van der Waals surface area contributed by atoms with Gasteiger partial charge in [0, 0.05) is 13.0 Å². The molecule has 0 atom stereocenters. The van der Waals surface area contributed by atoms with Crippen LogP contribution in [-0.4, -0.2) is 16.7 Å². The van der Waals surface area contributed by atoms with E-state index in [4.69, 9.17) is 27.6 Å².